The number of aromatic hydroxyl groups is 1. The van der Waals surface area contributed by atoms with Crippen LogP contribution in [0.3, 0.4) is 0 Å². The van der Waals surface area contributed by atoms with Gasteiger partial charge in [0, 0.05) is 16.6 Å². The Kier molecular flexibility index (Phi) is 3.46. The number of hydrogen-bond donors (Lipinski definition) is 3. The van der Waals surface area contributed by atoms with E-state index in [2.05, 4.69) is 34.6 Å². The van der Waals surface area contributed by atoms with Crippen molar-refractivity contribution in [2.24, 2.45) is 0 Å². The van der Waals surface area contributed by atoms with Gasteiger partial charge in [-0.25, -0.2) is 0 Å². The lowest BCUT2D eigenvalue weighted by Crippen LogP contribution is -2.31. The Morgan fingerprint density at radius 1 is 1.22 bits per heavy atom. The van der Waals surface area contributed by atoms with Gasteiger partial charge < -0.3 is 20.1 Å². The van der Waals surface area contributed by atoms with E-state index in [0.717, 1.165) is 24.9 Å². The number of nitrogens with one attached hydrogen (secondary N) is 2. The van der Waals surface area contributed by atoms with Crippen LogP contribution in [0.1, 0.15) is 22.9 Å². The molecular formula is C19H20N2O2. The van der Waals surface area contributed by atoms with Crippen molar-refractivity contribution in [1.29, 1.82) is 0 Å². The first-order valence-corrected chi connectivity index (χ1v) is 7.95. The second-order valence-electron chi connectivity index (χ2n) is 6.03. The summed E-state index contributed by atoms with van der Waals surface area (Å²) < 4.78 is 5.11. The zero-order chi connectivity index (χ0) is 15.8. The van der Waals surface area contributed by atoms with Crippen molar-refractivity contribution < 1.29 is 9.84 Å². The fraction of sp³-hybridized carbons (Fsp3) is 0.263. The number of para-hydroxylation sites is 1. The third-order valence-electron chi connectivity index (χ3n) is 4.64. The lowest BCUT2D eigenvalue weighted by Gasteiger charge is -2.24. The molecule has 4 heteroatoms. The van der Waals surface area contributed by atoms with Gasteiger partial charge in [-0.3, -0.25) is 0 Å². The highest BCUT2D eigenvalue weighted by atomic mass is 16.5. The number of phenolic OH excluding ortho intramolecular Hbond substituents is 1. The van der Waals surface area contributed by atoms with Crippen LogP contribution in [0.4, 0.5) is 0 Å². The topological polar surface area (TPSA) is 57.3 Å². The van der Waals surface area contributed by atoms with Crippen molar-refractivity contribution in [2.45, 2.75) is 18.9 Å². The molecule has 0 aliphatic carbocycles. The van der Waals surface area contributed by atoms with Crippen molar-refractivity contribution in [1.82, 2.24) is 10.3 Å². The van der Waals surface area contributed by atoms with E-state index < -0.39 is 0 Å². The lowest BCUT2D eigenvalue weighted by atomic mass is 9.94. The van der Waals surface area contributed by atoms with Crippen LogP contribution in [0.2, 0.25) is 0 Å². The van der Waals surface area contributed by atoms with Gasteiger partial charge in [0.1, 0.15) is 0 Å². The highest BCUT2D eigenvalue weighted by molar-refractivity contribution is 5.85. The number of benzene rings is 2. The van der Waals surface area contributed by atoms with Gasteiger partial charge in [-0.05, 0) is 48.7 Å². The minimum atomic E-state index is 0.192. The van der Waals surface area contributed by atoms with Gasteiger partial charge in [0.15, 0.2) is 11.5 Å². The van der Waals surface area contributed by atoms with E-state index in [4.69, 9.17) is 4.74 Å². The fourth-order valence-corrected chi connectivity index (χ4v) is 3.53. The van der Waals surface area contributed by atoms with Gasteiger partial charge in [0.25, 0.3) is 0 Å². The molecule has 2 aromatic carbocycles. The third kappa shape index (κ3) is 2.45. The SMILES string of the molecule is COc1ccc(CC2NCCc3c2[nH]c2ccccc32)cc1O. The summed E-state index contributed by atoms with van der Waals surface area (Å²) in [6.07, 6.45) is 1.88. The predicted molar refractivity (Wildman–Crippen MR) is 91.1 cm³/mol. The molecule has 0 amide bonds. The minimum Gasteiger partial charge on any atom is -0.504 e. The van der Waals surface area contributed by atoms with Crippen molar-refractivity contribution in [3.63, 3.8) is 0 Å². The van der Waals surface area contributed by atoms with Gasteiger partial charge >= 0.3 is 0 Å². The fourth-order valence-electron chi connectivity index (χ4n) is 3.53. The van der Waals surface area contributed by atoms with Crippen LogP contribution in [0.5, 0.6) is 11.5 Å². The number of hydrogen-bond acceptors (Lipinski definition) is 3. The summed E-state index contributed by atoms with van der Waals surface area (Å²) in [5.74, 6) is 0.703. The smallest absolute Gasteiger partial charge is 0.160 e. The van der Waals surface area contributed by atoms with E-state index in [0.29, 0.717) is 5.75 Å². The molecule has 23 heavy (non-hydrogen) atoms. The number of methoxy groups -OCH3 is 1. The molecule has 0 spiro atoms. The van der Waals surface area contributed by atoms with Gasteiger partial charge in [0.05, 0.1) is 13.2 Å². The zero-order valence-electron chi connectivity index (χ0n) is 13.1. The Bertz CT molecular complexity index is 854. The summed E-state index contributed by atoms with van der Waals surface area (Å²) in [4.78, 5) is 3.57. The van der Waals surface area contributed by atoms with Crippen LogP contribution in [0, 0.1) is 0 Å². The number of aromatic nitrogens is 1. The maximum atomic E-state index is 9.98. The maximum absolute atomic E-state index is 9.98. The van der Waals surface area contributed by atoms with Crippen LogP contribution in [-0.2, 0) is 12.8 Å². The molecule has 118 valence electrons. The minimum absolute atomic E-state index is 0.192. The van der Waals surface area contributed by atoms with E-state index in [-0.39, 0.29) is 11.8 Å². The second kappa shape index (κ2) is 5.63. The summed E-state index contributed by atoms with van der Waals surface area (Å²) in [6, 6.07) is 14.3. The first-order chi connectivity index (χ1) is 11.3. The summed E-state index contributed by atoms with van der Waals surface area (Å²) >= 11 is 0. The summed E-state index contributed by atoms with van der Waals surface area (Å²) in [7, 11) is 1.56. The van der Waals surface area contributed by atoms with Crippen LogP contribution < -0.4 is 10.1 Å². The highest BCUT2D eigenvalue weighted by Gasteiger charge is 2.24. The molecule has 1 aromatic heterocycles. The van der Waals surface area contributed by atoms with Gasteiger partial charge in [-0.15, -0.1) is 0 Å². The van der Waals surface area contributed by atoms with E-state index in [1.165, 1.54) is 22.2 Å². The average molecular weight is 308 g/mol. The van der Waals surface area contributed by atoms with Gasteiger partial charge in [-0.2, -0.15) is 0 Å². The normalized spacial score (nSPS) is 17.2. The van der Waals surface area contributed by atoms with E-state index in [9.17, 15) is 5.11 Å². The molecule has 1 aliphatic rings. The lowest BCUT2D eigenvalue weighted by molar-refractivity contribution is 0.372. The monoisotopic (exact) mass is 308 g/mol. The number of ether oxygens (including phenoxy) is 1. The number of H-pyrrole nitrogens is 1. The number of aromatic amines is 1. The molecule has 0 bridgehead atoms. The Morgan fingerprint density at radius 3 is 2.91 bits per heavy atom. The molecule has 1 atom stereocenters. The largest absolute Gasteiger partial charge is 0.504 e. The molecule has 0 fully saturated rings. The molecule has 4 rings (SSSR count). The molecule has 1 unspecified atom stereocenters. The van der Waals surface area contributed by atoms with Crippen molar-refractivity contribution in [3.05, 3.63) is 59.3 Å². The summed E-state index contributed by atoms with van der Waals surface area (Å²) in [5.41, 5.74) is 4.98. The Morgan fingerprint density at radius 2 is 2.09 bits per heavy atom. The summed E-state index contributed by atoms with van der Waals surface area (Å²) in [5, 5.41) is 14.9. The molecule has 0 saturated carbocycles. The number of phenols is 1. The number of rotatable bonds is 3. The molecule has 1 aliphatic heterocycles. The molecule has 3 N–H and O–H groups in total. The second-order valence-corrected chi connectivity index (χ2v) is 6.03. The van der Waals surface area contributed by atoms with Crippen molar-refractivity contribution in [2.75, 3.05) is 13.7 Å². The molecule has 4 nitrogen and oxygen atoms in total. The zero-order valence-corrected chi connectivity index (χ0v) is 13.1. The van der Waals surface area contributed by atoms with Gasteiger partial charge in [-0.1, -0.05) is 24.3 Å². The standard InChI is InChI=1S/C19H20N2O2/c1-23-18-7-6-12(11-17(18)22)10-16-19-14(8-9-20-16)13-4-2-3-5-15(13)21-19/h2-7,11,16,20-22H,8-10H2,1H3. The third-order valence-corrected chi connectivity index (χ3v) is 4.64. The molecular weight excluding hydrogens is 288 g/mol. The Hall–Kier alpha value is -2.46. The quantitative estimate of drug-likeness (QED) is 0.696. The highest BCUT2D eigenvalue weighted by Crippen LogP contribution is 2.33. The van der Waals surface area contributed by atoms with Crippen molar-refractivity contribution in [3.8, 4) is 11.5 Å². The Balaban J connectivity index is 1.68. The summed E-state index contributed by atoms with van der Waals surface area (Å²) in [6.45, 7) is 0.974. The molecule has 0 saturated heterocycles. The van der Waals surface area contributed by atoms with E-state index in [1.54, 1.807) is 13.2 Å². The van der Waals surface area contributed by atoms with Crippen LogP contribution >= 0.6 is 0 Å². The molecule has 2 heterocycles. The number of fused-ring (bicyclic) bond motifs is 3. The van der Waals surface area contributed by atoms with Crippen LogP contribution in [-0.4, -0.2) is 23.7 Å². The average Bonchev–Trinajstić information content (AvgIpc) is 2.95. The molecule has 3 aromatic rings. The first kappa shape index (κ1) is 14.2. The van der Waals surface area contributed by atoms with Crippen LogP contribution in [0.15, 0.2) is 42.5 Å². The Labute approximate surface area is 135 Å². The van der Waals surface area contributed by atoms with E-state index >= 15 is 0 Å². The first-order valence-electron chi connectivity index (χ1n) is 7.95. The van der Waals surface area contributed by atoms with E-state index in [1.807, 2.05) is 12.1 Å². The van der Waals surface area contributed by atoms with Crippen LogP contribution in [0.25, 0.3) is 10.9 Å². The maximum Gasteiger partial charge on any atom is 0.160 e. The molecule has 0 radical (unpaired) electrons. The van der Waals surface area contributed by atoms with Crippen molar-refractivity contribution >= 4 is 10.9 Å². The predicted octanol–water partition coefficient (Wildman–Crippen LogP) is 3.31. The van der Waals surface area contributed by atoms with Gasteiger partial charge in [0.2, 0.25) is 0 Å².